The molecule has 0 aromatic carbocycles. The fourth-order valence-corrected chi connectivity index (χ4v) is 1.10. The molecule has 0 aliphatic heterocycles. The second kappa shape index (κ2) is 3.29. The van der Waals surface area contributed by atoms with Crippen LogP contribution in [0.4, 0.5) is 0 Å². The summed E-state index contributed by atoms with van der Waals surface area (Å²) in [7, 11) is 0. The minimum Gasteiger partial charge on any atom is -0.463 e. The number of hydrogen-bond acceptors (Lipinski definition) is 3. The molecule has 0 bridgehead atoms. The molecule has 3 nitrogen and oxygen atoms in total. The van der Waals surface area contributed by atoms with Crippen molar-refractivity contribution < 1.29 is 9.52 Å². The summed E-state index contributed by atoms with van der Waals surface area (Å²) in [5.41, 5.74) is 4.46. The van der Waals surface area contributed by atoms with Crippen LogP contribution < -0.4 is 5.73 Å². The first-order chi connectivity index (χ1) is 5.62. The van der Waals surface area contributed by atoms with Gasteiger partial charge in [0.1, 0.15) is 17.1 Å². The first-order valence-electron chi connectivity index (χ1n) is 4.12. The van der Waals surface area contributed by atoms with Crippen molar-refractivity contribution >= 4 is 0 Å². The van der Waals surface area contributed by atoms with Gasteiger partial charge in [-0.3, -0.25) is 0 Å². The molecule has 0 radical (unpaired) electrons. The highest BCUT2D eigenvalue weighted by molar-refractivity contribution is 5.13. The van der Waals surface area contributed by atoms with E-state index in [1.54, 1.807) is 6.07 Å². The molecule has 12 heavy (non-hydrogen) atoms. The summed E-state index contributed by atoms with van der Waals surface area (Å²) in [6.07, 6.45) is 0.566. The molecule has 1 atom stereocenters. The van der Waals surface area contributed by atoms with E-state index in [-0.39, 0.29) is 6.54 Å². The first-order valence-corrected chi connectivity index (χ1v) is 4.12. The van der Waals surface area contributed by atoms with Crippen LogP contribution in [-0.4, -0.2) is 11.7 Å². The highest BCUT2D eigenvalue weighted by Crippen LogP contribution is 2.25. The Labute approximate surface area is 72.2 Å². The van der Waals surface area contributed by atoms with Gasteiger partial charge in [-0.25, -0.2) is 0 Å². The Morgan fingerprint density at radius 2 is 2.25 bits per heavy atom. The zero-order valence-corrected chi connectivity index (χ0v) is 7.50. The third-order valence-corrected chi connectivity index (χ3v) is 2.12. The van der Waals surface area contributed by atoms with Crippen molar-refractivity contribution in [2.45, 2.75) is 25.9 Å². The second-order valence-corrected chi connectivity index (χ2v) is 3.00. The Morgan fingerprint density at radius 3 is 2.58 bits per heavy atom. The third-order valence-electron chi connectivity index (χ3n) is 2.12. The Balaban J connectivity index is 2.94. The van der Waals surface area contributed by atoms with Crippen LogP contribution in [0, 0.1) is 6.92 Å². The molecule has 0 aliphatic rings. The number of aliphatic hydroxyl groups is 1. The van der Waals surface area contributed by atoms with E-state index in [2.05, 4.69) is 0 Å². The van der Waals surface area contributed by atoms with Gasteiger partial charge < -0.3 is 15.3 Å². The van der Waals surface area contributed by atoms with Gasteiger partial charge in [-0.15, -0.1) is 0 Å². The van der Waals surface area contributed by atoms with Crippen molar-refractivity contribution in [3.63, 3.8) is 0 Å². The van der Waals surface area contributed by atoms with Gasteiger partial charge in [0.15, 0.2) is 0 Å². The standard InChI is InChI=1S/C9H15NO2/c1-3-9(11,6-10)8-5-4-7(2)12-8/h4-5,11H,3,6,10H2,1-2H3. The van der Waals surface area contributed by atoms with Crippen molar-refractivity contribution in [3.8, 4) is 0 Å². The second-order valence-electron chi connectivity index (χ2n) is 3.00. The summed E-state index contributed by atoms with van der Waals surface area (Å²) in [6, 6.07) is 3.59. The highest BCUT2D eigenvalue weighted by atomic mass is 16.4. The van der Waals surface area contributed by atoms with Crippen LogP contribution in [0.2, 0.25) is 0 Å². The molecule has 68 valence electrons. The molecule has 0 spiro atoms. The van der Waals surface area contributed by atoms with Crippen molar-refractivity contribution in [2.24, 2.45) is 5.73 Å². The van der Waals surface area contributed by atoms with Gasteiger partial charge >= 0.3 is 0 Å². The molecule has 0 saturated carbocycles. The quantitative estimate of drug-likeness (QED) is 0.713. The van der Waals surface area contributed by atoms with E-state index in [0.717, 1.165) is 5.76 Å². The Kier molecular flexibility index (Phi) is 2.55. The van der Waals surface area contributed by atoms with Gasteiger partial charge in [-0.1, -0.05) is 6.92 Å². The fraction of sp³-hybridized carbons (Fsp3) is 0.556. The van der Waals surface area contributed by atoms with E-state index in [1.807, 2.05) is 19.9 Å². The number of rotatable bonds is 3. The number of furan rings is 1. The molecule has 1 rings (SSSR count). The van der Waals surface area contributed by atoms with E-state index in [1.165, 1.54) is 0 Å². The van der Waals surface area contributed by atoms with E-state index >= 15 is 0 Å². The Bertz CT molecular complexity index is 251. The summed E-state index contributed by atoms with van der Waals surface area (Å²) in [6.45, 7) is 3.91. The maximum Gasteiger partial charge on any atom is 0.137 e. The first kappa shape index (κ1) is 9.29. The molecule has 3 N–H and O–H groups in total. The molecule has 1 aromatic heterocycles. The van der Waals surface area contributed by atoms with Crippen LogP contribution >= 0.6 is 0 Å². The van der Waals surface area contributed by atoms with Gasteiger partial charge in [-0.2, -0.15) is 0 Å². The summed E-state index contributed by atoms with van der Waals surface area (Å²) < 4.78 is 5.30. The molecule has 0 saturated heterocycles. The van der Waals surface area contributed by atoms with E-state index in [0.29, 0.717) is 12.2 Å². The molecule has 1 aromatic rings. The van der Waals surface area contributed by atoms with Crippen molar-refractivity contribution in [2.75, 3.05) is 6.54 Å². The Morgan fingerprint density at radius 1 is 1.58 bits per heavy atom. The third kappa shape index (κ3) is 1.52. The highest BCUT2D eigenvalue weighted by Gasteiger charge is 2.28. The molecule has 1 unspecified atom stereocenters. The average molecular weight is 169 g/mol. The van der Waals surface area contributed by atoms with Crippen LogP contribution in [0.1, 0.15) is 24.9 Å². The molecule has 0 fully saturated rings. The predicted octanol–water partition coefficient (Wildman–Crippen LogP) is 1.14. The fourth-order valence-electron chi connectivity index (χ4n) is 1.10. The molecular weight excluding hydrogens is 154 g/mol. The summed E-state index contributed by atoms with van der Waals surface area (Å²) >= 11 is 0. The maximum atomic E-state index is 9.89. The zero-order valence-electron chi connectivity index (χ0n) is 7.50. The monoisotopic (exact) mass is 169 g/mol. The summed E-state index contributed by atoms with van der Waals surface area (Å²) in [4.78, 5) is 0. The van der Waals surface area contributed by atoms with Gasteiger partial charge in [0.2, 0.25) is 0 Å². The minimum atomic E-state index is -0.992. The largest absolute Gasteiger partial charge is 0.463 e. The van der Waals surface area contributed by atoms with Gasteiger partial charge in [0, 0.05) is 6.54 Å². The summed E-state index contributed by atoms with van der Waals surface area (Å²) in [5.74, 6) is 1.36. The van der Waals surface area contributed by atoms with Crippen LogP contribution in [0.15, 0.2) is 16.5 Å². The lowest BCUT2D eigenvalue weighted by atomic mass is 9.98. The molecule has 0 aliphatic carbocycles. The lowest BCUT2D eigenvalue weighted by molar-refractivity contribution is 0.0191. The predicted molar refractivity (Wildman–Crippen MR) is 46.7 cm³/mol. The number of hydrogen-bond donors (Lipinski definition) is 2. The van der Waals surface area contributed by atoms with E-state index in [4.69, 9.17) is 10.2 Å². The lowest BCUT2D eigenvalue weighted by Gasteiger charge is -2.21. The van der Waals surface area contributed by atoms with Crippen LogP contribution in [0.5, 0.6) is 0 Å². The van der Waals surface area contributed by atoms with Crippen LogP contribution in [0.25, 0.3) is 0 Å². The number of aryl methyl sites for hydroxylation is 1. The smallest absolute Gasteiger partial charge is 0.137 e. The molecular formula is C9H15NO2. The molecule has 0 amide bonds. The summed E-state index contributed by atoms with van der Waals surface area (Å²) in [5, 5.41) is 9.89. The number of nitrogens with two attached hydrogens (primary N) is 1. The van der Waals surface area contributed by atoms with E-state index in [9.17, 15) is 5.11 Å². The average Bonchev–Trinajstić information content (AvgIpc) is 2.51. The van der Waals surface area contributed by atoms with Crippen molar-refractivity contribution in [1.29, 1.82) is 0 Å². The topological polar surface area (TPSA) is 59.4 Å². The normalized spacial score (nSPS) is 16.0. The van der Waals surface area contributed by atoms with Gasteiger partial charge in [-0.05, 0) is 25.5 Å². The maximum absolute atomic E-state index is 9.89. The minimum absolute atomic E-state index is 0.191. The van der Waals surface area contributed by atoms with Gasteiger partial charge in [0.25, 0.3) is 0 Å². The Hall–Kier alpha value is -0.800. The van der Waals surface area contributed by atoms with Crippen LogP contribution in [0.3, 0.4) is 0 Å². The molecule has 1 heterocycles. The van der Waals surface area contributed by atoms with Crippen molar-refractivity contribution in [3.05, 3.63) is 23.7 Å². The zero-order chi connectivity index (χ0) is 9.19. The van der Waals surface area contributed by atoms with Gasteiger partial charge in [0.05, 0.1) is 0 Å². The van der Waals surface area contributed by atoms with Crippen molar-refractivity contribution in [1.82, 2.24) is 0 Å². The van der Waals surface area contributed by atoms with E-state index < -0.39 is 5.60 Å². The molecule has 3 heteroatoms. The van der Waals surface area contributed by atoms with Crippen LogP contribution in [-0.2, 0) is 5.60 Å². The lowest BCUT2D eigenvalue weighted by Crippen LogP contribution is -2.33. The SMILES string of the molecule is CCC(O)(CN)c1ccc(C)o1.